The molecule has 0 bridgehead atoms. The summed E-state index contributed by atoms with van der Waals surface area (Å²) in [6, 6.07) is -0.477. The number of methoxy groups -OCH3 is 1. The zero-order valence-corrected chi connectivity index (χ0v) is 10.1. The molecule has 0 aliphatic rings. The molecule has 0 spiro atoms. The largest absolute Gasteiger partial charge is 0.478 e. The van der Waals surface area contributed by atoms with Gasteiger partial charge in [-0.15, -0.1) is 0 Å². The molecule has 1 unspecified atom stereocenters. The second-order valence-electron chi connectivity index (χ2n) is 3.40. The smallest absolute Gasteiger partial charge is 0.340 e. The summed E-state index contributed by atoms with van der Waals surface area (Å²) >= 11 is 0. The molecule has 96 valence electrons. The zero-order valence-electron chi connectivity index (χ0n) is 9.30. The van der Waals surface area contributed by atoms with Gasteiger partial charge in [-0.2, -0.15) is 5.10 Å². The Hall–Kier alpha value is -1.45. The van der Waals surface area contributed by atoms with Gasteiger partial charge in [-0.25, -0.2) is 17.9 Å². The highest BCUT2D eigenvalue weighted by molar-refractivity contribution is 7.89. The van der Waals surface area contributed by atoms with Gasteiger partial charge in [0.25, 0.3) is 10.0 Å². The van der Waals surface area contributed by atoms with Crippen LogP contribution >= 0.6 is 0 Å². The molecule has 1 aromatic heterocycles. The summed E-state index contributed by atoms with van der Waals surface area (Å²) in [5.41, 5.74) is -0.401. The maximum atomic E-state index is 11.8. The van der Waals surface area contributed by atoms with Gasteiger partial charge in [-0.05, 0) is 6.92 Å². The van der Waals surface area contributed by atoms with Gasteiger partial charge in [-0.1, -0.05) is 0 Å². The molecule has 3 N–H and O–H groups in total. The average Bonchev–Trinajstić information content (AvgIpc) is 2.65. The monoisotopic (exact) mass is 263 g/mol. The number of rotatable bonds is 6. The minimum Gasteiger partial charge on any atom is -0.478 e. The number of aromatic amines is 1. The van der Waals surface area contributed by atoms with E-state index < -0.39 is 32.6 Å². The third kappa shape index (κ3) is 3.25. The molecule has 17 heavy (non-hydrogen) atoms. The first-order valence-corrected chi connectivity index (χ1v) is 6.14. The standard InChI is InChI=1S/C8H13N3O5S/c1-5(4-16-2)11-17(14,15)7-6(8(12)13)3-9-10-7/h3,5,11H,4H2,1-2H3,(H,9,10)(H,12,13). The van der Waals surface area contributed by atoms with E-state index in [2.05, 4.69) is 14.9 Å². The van der Waals surface area contributed by atoms with E-state index in [1.54, 1.807) is 6.92 Å². The van der Waals surface area contributed by atoms with Gasteiger partial charge in [0.05, 0.1) is 12.8 Å². The van der Waals surface area contributed by atoms with Crippen LogP contribution in [0.5, 0.6) is 0 Å². The van der Waals surface area contributed by atoms with E-state index in [-0.39, 0.29) is 6.61 Å². The number of carboxylic acid groups (broad SMARTS) is 1. The number of nitrogens with zero attached hydrogens (tertiary/aromatic N) is 1. The average molecular weight is 263 g/mol. The number of nitrogens with one attached hydrogen (secondary N) is 2. The van der Waals surface area contributed by atoms with Crippen LogP contribution in [0.4, 0.5) is 0 Å². The predicted molar refractivity (Wildman–Crippen MR) is 57.2 cm³/mol. The van der Waals surface area contributed by atoms with Crippen molar-refractivity contribution in [2.45, 2.75) is 18.0 Å². The van der Waals surface area contributed by atoms with Crippen molar-refractivity contribution < 1.29 is 23.1 Å². The second-order valence-corrected chi connectivity index (χ2v) is 5.05. The second kappa shape index (κ2) is 5.25. The van der Waals surface area contributed by atoms with E-state index in [1.807, 2.05) is 0 Å². The Morgan fingerprint density at radius 3 is 2.88 bits per heavy atom. The molecule has 0 fully saturated rings. The van der Waals surface area contributed by atoms with Crippen LogP contribution < -0.4 is 4.72 Å². The Labute approximate surface area is 98.0 Å². The fourth-order valence-corrected chi connectivity index (χ4v) is 2.56. The number of aromatic nitrogens is 2. The maximum Gasteiger partial charge on any atom is 0.340 e. The molecule has 0 radical (unpaired) electrons. The fraction of sp³-hybridized carbons (Fsp3) is 0.500. The van der Waals surface area contributed by atoms with Crippen molar-refractivity contribution in [3.63, 3.8) is 0 Å². The lowest BCUT2D eigenvalue weighted by atomic mass is 10.4. The molecular formula is C8H13N3O5S. The normalized spacial score (nSPS) is 13.5. The number of sulfonamides is 1. The van der Waals surface area contributed by atoms with Crippen LogP contribution in [0, 0.1) is 0 Å². The highest BCUT2D eigenvalue weighted by Crippen LogP contribution is 2.11. The first kappa shape index (κ1) is 13.6. The van der Waals surface area contributed by atoms with Crippen molar-refractivity contribution in [1.29, 1.82) is 0 Å². The number of hydrogen-bond acceptors (Lipinski definition) is 5. The zero-order chi connectivity index (χ0) is 13.1. The lowest BCUT2D eigenvalue weighted by Crippen LogP contribution is -2.36. The Morgan fingerprint density at radius 2 is 2.35 bits per heavy atom. The van der Waals surface area contributed by atoms with Crippen molar-refractivity contribution in [2.24, 2.45) is 0 Å². The first-order valence-electron chi connectivity index (χ1n) is 4.66. The predicted octanol–water partition coefficient (Wildman–Crippen LogP) is -0.579. The summed E-state index contributed by atoms with van der Waals surface area (Å²) in [5.74, 6) is -1.36. The highest BCUT2D eigenvalue weighted by Gasteiger charge is 2.26. The summed E-state index contributed by atoms with van der Waals surface area (Å²) in [6.45, 7) is 1.77. The number of aromatic carboxylic acids is 1. The molecular weight excluding hydrogens is 250 g/mol. The Balaban J connectivity index is 2.97. The molecule has 0 saturated heterocycles. The molecule has 8 nitrogen and oxygen atoms in total. The third-order valence-corrected chi connectivity index (χ3v) is 3.44. The molecule has 9 heteroatoms. The summed E-state index contributed by atoms with van der Waals surface area (Å²) in [5, 5.41) is 13.9. The Morgan fingerprint density at radius 1 is 1.71 bits per heavy atom. The molecule has 0 aliphatic carbocycles. The quantitative estimate of drug-likeness (QED) is 0.631. The van der Waals surface area contributed by atoms with Gasteiger partial charge in [0.1, 0.15) is 5.56 Å². The van der Waals surface area contributed by atoms with E-state index in [0.29, 0.717) is 0 Å². The van der Waals surface area contributed by atoms with Gasteiger partial charge in [0, 0.05) is 13.2 Å². The van der Waals surface area contributed by atoms with Crippen molar-refractivity contribution in [1.82, 2.24) is 14.9 Å². The molecule has 1 aromatic rings. The van der Waals surface area contributed by atoms with Crippen LogP contribution in [0.1, 0.15) is 17.3 Å². The summed E-state index contributed by atoms with van der Waals surface area (Å²) < 4.78 is 30.6. The van der Waals surface area contributed by atoms with Crippen LogP contribution in [-0.2, 0) is 14.8 Å². The number of ether oxygens (including phenoxy) is 1. The van der Waals surface area contributed by atoms with Crippen molar-refractivity contribution in [3.05, 3.63) is 11.8 Å². The lowest BCUT2D eigenvalue weighted by Gasteiger charge is -2.12. The van der Waals surface area contributed by atoms with Gasteiger partial charge < -0.3 is 9.84 Å². The molecule has 0 aliphatic heterocycles. The van der Waals surface area contributed by atoms with Crippen molar-refractivity contribution >= 4 is 16.0 Å². The minimum absolute atomic E-state index is 0.176. The van der Waals surface area contributed by atoms with E-state index in [4.69, 9.17) is 9.84 Å². The van der Waals surface area contributed by atoms with Gasteiger partial charge in [0.2, 0.25) is 0 Å². The van der Waals surface area contributed by atoms with Crippen molar-refractivity contribution in [3.8, 4) is 0 Å². The molecule has 0 aromatic carbocycles. The third-order valence-electron chi connectivity index (χ3n) is 1.88. The fourth-order valence-electron chi connectivity index (χ4n) is 1.24. The molecule has 1 heterocycles. The van der Waals surface area contributed by atoms with Crippen LogP contribution in [0.2, 0.25) is 0 Å². The Kier molecular flexibility index (Phi) is 4.21. The number of carbonyl (C=O) groups is 1. The Bertz CT molecular complexity index is 495. The summed E-state index contributed by atoms with van der Waals surface area (Å²) in [6.07, 6.45) is 0.942. The van der Waals surface area contributed by atoms with Crippen LogP contribution in [-0.4, -0.2) is 49.4 Å². The summed E-state index contributed by atoms with van der Waals surface area (Å²) in [7, 11) is -2.51. The van der Waals surface area contributed by atoms with Crippen LogP contribution in [0.25, 0.3) is 0 Å². The van der Waals surface area contributed by atoms with Crippen LogP contribution in [0.15, 0.2) is 11.2 Å². The maximum absolute atomic E-state index is 11.8. The molecule has 1 atom stereocenters. The van der Waals surface area contributed by atoms with Crippen molar-refractivity contribution in [2.75, 3.05) is 13.7 Å². The molecule has 1 rings (SSSR count). The lowest BCUT2D eigenvalue weighted by molar-refractivity contribution is 0.0692. The van der Waals surface area contributed by atoms with E-state index >= 15 is 0 Å². The molecule has 0 saturated carbocycles. The van der Waals surface area contributed by atoms with Gasteiger partial charge in [-0.3, -0.25) is 5.10 Å². The number of carboxylic acids is 1. The number of H-pyrrole nitrogens is 1. The van der Waals surface area contributed by atoms with E-state index in [1.165, 1.54) is 7.11 Å². The SMILES string of the molecule is COCC(C)NS(=O)(=O)c1[nH]ncc1C(=O)O. The van der Waals surface area contributed by atoms with Crippen LogP contribution in [0.3, 0.4) is 0 Å². The van der Waals surface area contributed by atoms with E-state index in [9.17, 15) is 13.2 Å². The first-order chi connectivity index (χ1) is 7.88. The van der Waals surface area contributed by atoms with Gasteiger partial charge >= 0.3 is 5.97 Å². The van der Waals surface area contributed by atoms with E-state index in [0.717, 1.165) is 6.20 Å². The topological polar surface area (TPSA) is 121 Å². The van der Waals surface area contributed by atoms with Gasteiger partial charge in [0.15, 0.2) is 5.03 Å². The number of hydrogen-bond donors (Lipinski definition) is 3. The minimum atomic E-state index is -3.94. The molecule has 0 amide bonds. The summed E-state index contributed by atoms with van der Waals surface area (Å²) in [4.78, 5) is 10.8. The highest BCUT2D eigenvalue weighted by atomic mass is 32.2.